The number of hydrogen-bond donors (Lipinski definition) is 1. The summed E-state index contributed by atoms with van der Waals surface area (Å²) < 4.78 is 1.79. The van der Waals surface area contributed by atoms with Gasteiger partial charge in [-0.1, -0.05) is 6.07 Å². The van der Waals surface area contributed by atoms with Gasteiger partial charge in [0.1, 0.15) is 23.1 Å². The van der Waals surface area contributed by atoms with Crippen molar-refractivity contribution in [3.05, 3.63) is 66.2 Å². The molecule has 0 amide bonds. The molecule has 7 heteroatoms. The summed E-state index contributed by atoms with van der Waals surface area (Å²) in [7, 11) is 0. The molecule has 2 aliphatic heterocycles. The van der Waals surface area contributed by atoms with E-state index in [9.17, 15) is 5.26 Å². The fourth-order valence-corrected chi connectivity index (χ4v) is 4.95. The van der Waals surface area contributed by atoms with E-state index < -0.39 is 0 Å². The predicted octanol–water partition coefficient (Wildman–Crippen LogP) is 3.58. The summed E-state index contributed by atoms with van der Waals surface area (Å²) in [6.07, 6.45) is 8.10. The number of hydrogen-bond acceptors (Lipinski definition) is 6. The lowest BCUT2D eigenvalue weighted by molar-refractivity contribution is 0.463. The number of anilines is 1. The van der Waals surface area contributed by atoms with E-state index in [4.69, 9.17) is 10.1 Å². The van der Waals surface area contributed by atoms with E-state index in [1.807, 2.05) is 49.6 Å². The van der Waals surface area contributed by atoms with E-state index in [2.05, 4.69) is 27.3 Å². The first-order valence-electron chi connectivity index (χ1n) is 11.0. The van der Waals surface area contributed by atoms with E-state index in [-0.39, 0.29) is 0 Å². The van der Waals surface area contributed by atoms with Crippen molar-refractivity contribution in [1.82, 2.24) is 24.9 Å². The van der Waals surface area contributed by atoms with Gasteiger partial charge in [-0.15, -0.1) is 0 Å². The number of aromatic nitrogens is 4. The van der Waals surface area contributed by atoms with Gasteiger partial charge in [0, 0.05) is 60.6 Å². The highest BCUT2D eigenvalue weighted by atomic mass is 15.3. The minimum absolute atomic E-state index is 0.567. The Hall–Kier alpha value is -3.76. The molecule has 2 fully saturated rings. The van der Waals surface area contributed by atoms with Gasteiger partial charge in [0.15, 0.2) is 0 Å². The van der Waals surface area contributed by atoms with Gasteiger partial charge in [-0.2, -0.15) is 10.4 Å². The third kappa shape index (κ3) is 3.20. The van der Waals surface area contributed by atoms with Crippen LogP contribution in [-0.4, -0.2) is 44.8 Å². The van der Waals surface area contributed by atoms with E-state index in [0.29, 0.717) is 23.3 Å². The van der Waals surface area contributed by atoms with Crippen molar-refractivity contribution >= 4 is 11.3 Å². The molecule has 1 N–H and O–H groups in total. The highest BCUT2D eigenvalue weighted by molar-refractivity contribution is 5.78. The van der Waals surface area contributed by atoms with Crippen LogP contribution in [-0.2, 0) is 0 Å². The van der Waals surface area contributed by atoms with Crippen molar-refractivity contribution in [2.45, 2.75) is 31.8 Å². The molecule has 0 aromatic carbocycles. The van der Waals surface area contributed by atoms with Gasteiger partial charge in [-0.3, -0.25) is 4.98 Å². The maximum atomic E-state index is 9.87. The number of fused-ring (bicyclic) bond motifs is 3. The van der Waals surface area contributed by atoms with Gasteiger partial charge in [0.2, 0.25) is 0 Å². The fraction of sp³-hybridized carbons (Fsp3) is 0.280. The average molecular weight is 422 g/mol. The molecule has 0 saturated carbocycles. The first-order chi connectivity index (χ1) is 15.7. The molecule has 2 aliphatic rings. The van der Waals surface area contributed by atoms with Crippen LogP contribution >= 0.6 is 0 Å². The number of piperazine rings is 1. The molecule has 2 bridgehead atoms. The Bertz CT molecular complexity index is 1340. The minimum atomic E-state index is 0.567. The highest BCUT2D eigenvalue weighted by Crippen LogP contribution is 2.30. The molecular formula is C25H23N7. The Morgan fingerprint density at radius 1 is 1.00 bits per heavy atom. The van der Waals surface area contributed by atoms with E-state index in [0.717, 1.165) is 46.8 Å². The molecule has 158 valence electrons. The lowest BCUT2D eigenvalue weighted by atomic mass is 10.1. The number of rotatable bonds is 3. The summed E-state index contributed by atoms with van der Waals surface area (Å²) in [5, 5.41) is 18.3. The number of nitriles is 1. The third-order valence-electron chi connectivity index (χ3n) is 6.53. The molecule has 2 saturated heterocycles. The molecule has 32 heavy (non-hydrogen) atoms. The van der Waals surface area contributed by atoms with Gasteiger partial charge < -0.3 is 10.2 Å². The molecule has 4 aromatic heterocycles. The second kappa shape index (κ2) is 7.43. The van der Waals surface area contributed by atoms with Gasteiger partial charge >= 0.3 is 0 Å². The normalized spacial score (nSPS) is 19.9. The molecule has 7 nitrogen and oxygen atoms in total. The molecule has 0 spiro atoms. The largest absolute Gasteiger partial charge is 0.353 e. The Morgan fingerprint density at radius 3 is 2.53 bits per heavy atom. The molecular weight excluding hydrogens is 398 g/mol. The summed E-state index contributed by atoms with van der Waals surface area (Å²) in [6, 6.07) is 15.6. The van der Waals surface area contributed by atoms with Crippen LogP contribution < -0.4 is 10.2 Å². The van der Waals surface area contributed by atoms with Crippen LogP contribution in [0.4, 0.5) is 5.82 Å². The van der Waals surface area contributed by atoms with E-state index in [1.54, 1.807) is 10.7 Å². The van der Waals surface area contributed by atoms with Gasteiger partial charge in [0.25, 0.3) is 0 Å². The summed E-state index contributed by atoms with van der Waals surface area (Å²) >= 11 is 0. The average Bonchev–Trinajstić information content (AvgIpc) is 3.37. The lowest BCUT2D eigenvalue weighted by Gasteiger charge is -2.33. The monoisotopic (exact) mass is 421 g/mol. The molecule has 6 rings (SSSR count). The van der Waals surface area contributed by atoms with E-state index >= 15 is 0 Å². The third-order valence-corrected chi connectivity index (χ3v) is 6.53. The zero-order valence-corrected chi connectivity index (χ0v) is 17.9. The smallest absolute Gasteiger partial charge is 0.128 e. The van der Waals surface area contributed by atoms with Gasteiger partial charge in [-0.25, -0.2) is 9.50 Å². The zero-order valence-electron chi connectivity index (χ0n) is 17.9. The molecule has 6 heterocycles. The van der Waals surface area contributed by atoms with Crippen LogP contribution in [0, 0.1) is 18.3 Å². The Labute approximate surface area is 186 Å². The predicted molar refractivity (Wildman–Crippen MR) is 123 cm³/mol. The second-order valence-corrected chi connectivity index (χ2v) is 8.72. The first kappa shape index (κ1) is 19.0. The first-order valence-corrected chi connectivity index (χ1v) is 11.0. The number of pyridine rings is 3. The molecule has 0 aliphatic carbocycles. The number of aryl methyl sites for hydroxylation is 1. The van der Waals surface area contributed by atoms with Crippen molar-refractivity contribution in [1.29, 1.82) is 5.26 Å². The van der Waals surface area contributed by atoms with Crippen LogP contribution in [0.15, 0.2) is 55.0 Å². The summed E-state index contributed by atoms with van der Waals surface area (Å²) in [4.78, 5) is 11.4. The second-order valence-electron chi connectivity index (χ2n) is 8.72. The van der Waals surface area contributed by atoms with Crippen molar-refractivity contribution in [3.8, 4) is 28.5 Å². The van der Waals surface area contributed by atoms with Crippen LogP contribution in [0.2, 0.25) is 0 Å². The Balaban J connectivity index is 1.35. The van der Waals surface area contributed by atoms with Crippen LogP contribution in [0.1, 0.15) is 24.1 Å². The number of nitrogens with one attached hydrogen (secondary N) is 1. The van der Waals surface area contributed by atoms with Crippen molar-refractivity contribution in [2.75, 3.05) is 18.0 Å². The summed E-state index contributed by atoms with van der Waals surface area (Å²) in [6.45, 7) is 3.97. The summed E-state index contributed by atoms with van der Waals surface area (Å²) in [5.74, 6) is 0.991. The van der Waals surface area contributed by atoms with Gasteiger partial charge in [-0.05, 0) is 55.7 Å². The standard InChI is InChI=1S/C25H23N7/c1-16-10-17(8-9-27-16)19-2-6-23-22(11-26)25(30-32(23)13-19)18-3-7-24(28-12-18)31-14-20-4-5-21(15-31)29-20/h2-3,6-10,12-13,20-21,29H,4-5,14-15H2,1H3. The zero-order chi connectivity index (χ0) is 21.7. The molecule has 4 aromatic rings. The topological polar surface area (TPSA) is 82.1 Å². The van der Waals surface area contributed by atoms with Crippen molar-refractivity contribution < 1.29 is 0 Å². The Kier molecular flexibility index (Phi) is 4.40. The number of nitrogens with zero attached hydrogens (tertiary/aromatic N) is 6. The fourth-order valence-electron chi connectivity index (χ4n) is 4.95. The van der Waals surface area contributed by atoms with Crippen LogP contribution in [0.25, 0.3) is 27.9 Å². The maximum absolute atomic E-state index is 9.87. The molecule has 2 unspecified atom stereocenters. The van der Waals surface area contributed by atoms with Crippen LogP contribution in [0.5, 0.6) is 0 Å². The minimum Gasteiger partial charge on any atom is -0.353 e. The quantitative estimate of drug-likeness (QED) is 0.545. The van der Waals surface area contributed by atoms with Crippen LogP contribution in [0.3, 0.4) is 0 Å². The Morgan fingerprint density at radius 2 is 1.81 bits per heavy atom. The van der Waals surface area contributed by atoms with Crippen molar-refractivity contribution in [2.24, 2.45) is 0 Å². The summed E-state index contributed by atoms with van der Waals surface area (Å²) in [5.41, 5.74) is 5.94. The van der Waals surface area contributed by atoms with Gasteiger partial charge in [0.05, 0.1) is 5.52 Å². The van der Waals surface area contributed by atoms with Crippen molar-refractivity contribution in [3.63, 3.8) is 0 Å². The maximum Gasteiger partial charge on any atom is 0.128 e. The van der Waals surface area contributed by atoms with E-state index in [1.165, 1.54) is 12.8 Å². The molecule has 2 atom stereocenters. The molecule has 0 radical (unpaired) electrons. The highest BCUT2D eigenvalue weighted by Gasteiger charge is 2.32. The SMILES string of the molecule is Cc1cc(-c2ccc3c(C#N)c(-c4ccc(N5CC6CCC(C5)N6)nc4)nn3c2)ccn1. The lowest BCUT2D eigenvalue weighted by Crippen LogP contribution is -2.51.